The molecule has 0 bridgehead atoms. The summed E-state index contributed by atoms with van der Waals surface area (Å²) in [4.78, 5) is 13.8. The van der Waals surface area contributed by atoms with Crippen LogP contribution in [0.4, 0.5) is 4.39 Å². The molecule has 1 amide bonds. The van der Waals surface area contributed by atoms with Crippen LogP contribution in [-0.2, 0) is 9.53 Å². The van der Waals surface area contributed by atoms with Gasteiger partial charge in [-0.3, -0.25) is 4.79 Å². The number of aryl methyl sites for hydroxylation is 1. The SMILES string of the molecule is Cc1ccc([C@H](C[NH+]2CCOCC2)NC(=O)COc2ccc(F)cc2)cc1. The van der Waals surface area contributed by atoms with E-state index in [-0.39, 0.29) is 24.4 Å². The van der Waals surface area contributed by atoms with E-state index in [0.717, 1.165) is 38.4 Å². The number of carbonyl (C=O) groups is 1. The Kier molecular flexibility index (Phi) is 6.79. The molecule has 0 spiro atoms. The maximum absolute atomic E-state index is 13.0. The summed E-state index contributed by atoms with van der Waals surface area (Å²) in [6, 6.07) is 13.8. The van der Waals surface area contributed by atoms with Crippen molar-refractivity contribution in [1.82, 2.24) is 5.32 Å². The molecule has 0 aromatic heterocycles. The normalized spacial score (nSPS) is 15.9. The van der Waals surface area contributed by atoms with Gasteiger partial charge in [0.15, 0.2) is 6.61 Å². The predicted octanol–water partition coefficient (Wildman–Crippen LogP) is 1.29. The van der Waals surface area contributed by atoms with Gasteiger partial charge in [-0.05, 0) is 36.8 Å². The average molecular weight is 373 g/mol. The molecule has 2 aromatic carbocycles. The van der Waals surface area contributed by atoms with Crippen LogP contribution in [0, 0.1) is 12.7 Å². The molecule has 27 heavy (non-hydrogen) atoms. The van der Waals surface area contributed by atoms with Gasteiger partial charge in [0.2, 0.25) is 0 Å². The monoisotopic (exact) mass is 373 g/mol. The molecular weight excluding hydrogens is 347 g/mol. The molecule has 0 unspecified atom stereocenters. The number of ether oxygens (including phenoxy) is 2. The highest BCUT2D eigenvalue weighted by molar-refractivity contribution is 5.78. The molecule has 0 aliphatic carbocycles. The maximum Gasteiger partial charge on any atom is 0.258 e. The van der Waals surface area contributed by atoms with E-state index < -0.39 is 0 Å². The number of amides is 1. The number of hydrogen-bond acceptors (Lipinski definition) is 3. The van der Waals surface area contributed by atoms with Crippen LogP contribution in [0.25, 0.3) is 0 Å². The van der Waals surface area contributed by atoms with Gasteiger partial charge < -0.3 is 19.7 Å². The van der Waals surface area contributed by atoms with Crippen LogP contribution >= 0.6 is 0 Å². The third kappa shape index (κ3) is 6.05. The van der Waals surface area contributed by atoms with Gasteiger partial charge in [-0.25, -0.2) is 4.39 Å². The van der Waals surface area contributed by atoms with Crippen LogP contribution in [0.15, 0.2) is 48.5 Å². The highest BCUT2D eigenvalue weighted by Gasteiger charge is 2.23. The minimum atomic E-state index is -0.334. The van der Waals surface area contributed by atoms with Gasteiger partial charge in [0.25, 0.3) is 5.91 Å². The first-order chi connectivity index (χ1) is 13.1. The molecule has 144 valence electrons. The maximum atomic E-state index is 13.0. The molecule has 1 atom stereocenters. The van der Waals surface area contributed by atoms with Gasteiger partial charge in [-0.15, -0.1) is 0 Å². The fourth-order valence-corrected chi connectivity index (χ4v) is 3.12. The van der Waals surface area contributed by atoms with Crippen molar-refractivity contribution in [2.24, 2.45) is 0 Å². The summed E-state index contributed by atoms with van der Waals surface area (Å²) in [6.07, 6.45) is 0. The highest BCUT2D eigenvalue weighted by Crippen LogP contribution is 2.14. The van der Waals surface area contributed by atoms with Crippen molar-refractivity contribution in [1.29, 1.82) is 0 Å². The quantitative estimate of drug-likeness (QED) is 0.769. The number of benzene rings is 2. The van der Waals surface area contributed by atoms with Crippen LogP contribution in [-0.4, -0.2) is 45.4 Å². The van der Waals surface area contributed by atoms with Crippen molar-refractivity contribution in [3.8, 4) is 5.75 Å². The Hall–Kier alpha value is -2.44. The van der Waals surface area contributed by atoms with Crippen LogP contribution in [0.3, 0.4) is 0 Å². The van der Waals surface area contributed by atoms with Crippen LogP contribution in [0.2, 0.25) is 0 Å². The lowest BCUT2D eigenvalue weighted by Gasteiger charge is -2.28. The van der Waals surface area contributed by atoms with E-state index in [1.807, 2.05) is 6.92 Å². The first-order valence-corrected chi connectivity index (χ1v) is 9.26. The molecule has 5 nitrogen and oxygen atoms in total. The molecule has 1 heterocycles. The molecule has 1 aliphatic rings. The van der Waals surface area contributed by atoms with Crippen molar-refractivity contribution < 1.29 is 23.6 Å². The zero-order valence-corrected chi connectivity index (χ0v) is 15.5. The zero-order chi connectivity index (χ0) is 19.1. The van der Waals surface area contributed by atoms with Gasteiger partial charge >= 0.3 is 0 Å². The van der Waals surface area contributed by atoms with E-state index in [1.165, 1.54) is 34.7 Å². The van der Waals surface area contributed by atoms with E-state index in [0.29, 0.717) is 5.75 Å². The smallest absolute Gasteiger partial charge is 0.258 e. The fraction of sp³-hybridized carbons (Fsp3) is 0.381. The van der Waals surface area contributed by atoms with Crippen molar-refractivity contribution in [3.63, 3.8) is 0 Å². The van der Waals surface area contributed by atoms with Crippen molar-refractivity contribution in [2.45, 2.75) is 13.0 Å². The Morgan fingerprint density at radius 3 is 2.48 bits per heavy atom. The zero-order valence-electron chi connectivity index (χ0n) is 15.5. The lowest BCUT2D eigenvalue weighted by molar-refractivity contribution is -0.909. The largest absolute Gasteiger partial charge is 0.484 e. The summed E-state index contributed by atoms with van der Waals surface area (Å²) >= 11 is 0. The second-order valence-electron chi connectivity index (χ2n) is 6.84. The summed E-state index contributed by atoms with van der Waals surface area (Å²) < 4.78 is 23.8. The number of hydrogen-bond donors (Lipinski definition) is 2. The fourth-order valence-electron chi connectivity index (χ4n) is 3.12. The van der Waals surface area contributed by atoms with Gasteiger partial charge in [-0.1, -0.05) is 29.8 Å². The minimum absolute atomic E-state index is 0.0944. The van der Waals surface area contributed by atoms with Crippen molar-refractivity contribution in [3.05, 3.63) is 65.5 Å². The minimum Gasteiger partial charge on any atom is -0.484 e. The Labute approximate surface area is 159 Å². The molecule has 2 aromatic rings. The summed E-state index contributed by atoms with van der Waals surface area (Å²) in [6.45, 7) is 6.10. The van der Waals surface area contributed by atoms with Gasteiger partial charge in [-0.2, -0.15) is 0 Å². The summed E-state index contributed by atoms with van der Waals surface area (Å²) in [7, 11) is 0. The third-order valence-corrected chi connectivity index (χ3v) is 4.69. The average Bonchev–Trinajstić information content (AvgIpc) is 2.68. The number of morpholine rings is 1. The summed E-state index contributed by atoms with van der Waals surface area (Å²) in [5.41, 5.74) is 2.26. The Bertz CT molecular complexity index is 728. The molecule has 2 N–H and O–H groups in total. The standard InChI is InChI=1S/C21H25FN2O3/c1-16-2-4-17(5-3-16)20(14-24-10-12-26-13-11-24)23-21(25)15-27-19-8-6-18(22)7-9-19/h2-9,20H,10-15H2,1H3,(H,23,25)/p+1/t20-/m0/s1. The Balaban J connectivity index is 1.61. The number of rotatable bonds is 7. The molecule has 1 fully saturated rings. The first kappa shape index (κ1) is 19.3. The third-order valence-electron chi connectivity index (χ3n) is 4.69. The van der Waals surface area contributed by atoms with Gasteiger partial charge in [0, 0.05) is 0 Å². The molecule has 1 saturated heterocycles. The van der Waals surface area contributed by atoms with Gasteiger partial charge in [0.1, 0.15) is 37.2 Å². The number of nitrogens with one attached hydrogen (secondary N) is 2. The first-order valence-electron chi connectivity index (χ1n) is 9.26. The Morgan fingerprint density at radius 1 is 1.15 bits per heavy atom. The summed E-state index contributed by atoms with van der Waals surface area (Å²) in [5.74, 6) is -0.0606. The predicted molar refractivity (Wildman–Crippen MR) is 100 cm³/mol. The van der Waals surface area contributed by atoms with Crippen LogP contribution < -0.4 is 15.0 Å². The van der Waals surface area contributed by atoms with E-state index in [4.69, 9.17) is 9.47 Å². The molecule has 1 aliphatic heterocycles. The molecule has 0 radical (unpaired) electrons. The second-order valence-corrected chi connectivity index (χ2v) is 6.84. The number of carbonyl (C=O) groups excluding carboxylic acids is 1. The number of halogens is 1. The van der Waals surface area contributed by atoms with Crippen molar-refractivity contribution >= 4 is 5.91 Å². The van der Waals surface area contributed by atoms with Crippen LogP contribution in [0.5, 0.6) is 5.75 Å². The lowest BCUT2D eigenvalue weighted by Crippen LogP contribution is -3.14. The molecular formula is C21H26FN2O3+. The van der Waals surface area contributed by atoms with E-state index >= 15 is 0 Å². The highest BCUT2D eigenvalue weighted by atomic mass is 19.1. The topological polar surface area (TPSA) is 52.0 Å². The second kappa shape index (κ2) is 9.48. The lowest BCUT2D eigenvalue weighted by atomic mass is 10.0. The summed E-state index contributed by atoms with van der Waals surface area (Å²) in [5, 5.41) is 3.08. The molecule has 3 rings (SSSR count). The van der Waals surface area contributed by atoms with Gasteiger partial charge in [0.05, 0.1) is 13.2 Å². The van der Waals surface area contributed by atoms with Crippen LogP contribution in [0.1, 0.15) is 17.2 Å². The Morgan fingerprint density at radius 2 is 1.81 bits per heavy atom. The van der Waals surface area contributed by atoms with Crippen molar-refractivity contribution in [2.75, 3.05) is 39.5 Å². The molecule has 6 heteroatoms. The van der Waals surface area contributed by atoms with E-state index in [9.17, 15) is 9.18 Å². The number of quaternary nitrogens is 1. The van der Waals surface area contributed by atoms with E-state index in [2.05, 4.69) is 29.6 Å². The van der Waals surface area contributed by atoms with E-state index in [1.54, 1.807) is 0 Å². The molecule has 0 saturated carbocycles.